The number of carbonyl (C=O) groups excluding carboxylic acids is 2. The molecule has 1 fully saturated rings. The second-order valence-corrected chi connectivity index (χ2v) is 7.87. The van der Waals surface area contributed by atoms with Crippen molar-refractivity contribution >= 4 is 68.8 Å². The Hall–Kier alpha value is -2.41. The van der Waals surface area contributed by atoms with Crippen molar-refractivity contribution < 1.29 is 9.59 Å². The minimum absolute atomic E-state index is 0.139. The molecule has 136 valence electrons. The molecular weight excluding hydrogens is 405 g/mol. The molecule has 1 aromatic heterocycles. The van der Waals surface area contributed by atoms with Crippen LogP contribution in [0.5, 0.6) is 0 Å². The number of rotatable bonds is 3. The predicted molar refractivity (Wildman–Crippen MR) is 111 cm³/mol. The molecule has 2 heterocycles. The maximum absolute atomic E-state index is 12.7. The number of nitrogens with one attached hydrogen (secondary N) is 1. The fraction of sp³-hybridized carbons (Fsp3) is 0.0526. The normalized spacial score (nSPS) is 16.1. The SMILES string of the molecule is Nc1ccc2[nH]cc(C=C3SC(=O)N(Cc4ccc(Cl)c(Cl)c4)C3=O)c2c1. The van der Waals surface area contributed by atoms with Gasteiger partial charge in [0.15, 0.2) is 0 Å². The monoisotopic (exact) mass is 417 g/mol. The van der Waals surface area contributed by atoms with Crippen molar-refractivity contribution in [2.45, 2.75) is 6.54 Å². The van der Waals surface area contributed by atoms with Gasteiger partial charge in [0.2, 0.25) is 0 Å². The van der Waals surface area contributed by atoms with Crippen LogP contribution in [0.1, 0.15) is 11.1 Å². The summed E-state index contributed by atoms with van der Waals surface area (Å²) < 4.78 is 0. The molecular formula is C19H13Cl2N3O2S. The molecule has 0 unspecified atom stereocenters. The summed E-state index contributed by atoms with van der Waals surface area (Å²) in [6.45, 7) is 0.139. The van der Waals surface area contributed by atoms with Gasteiger partial charge in [0.05, 0.1) is 21.5 Å². The number of nitrogens with two attached hydrogens (primary N) is 1. The third-order valence-corrected chi connectivity index (χ3v) is 5.87. The molecule has 0 bridgehead atoms. The third-order valence-electron chi connectivity index (χ3n) is 4.22. The van der Waals surface area contributed by atoms with Gasteiger partial charge >= 0.3 is 0 Å². The quantitative estimate of drug-likeness (QED) is 0.447. The van der Waals surface area contributed by atoms with Crippen LogP contribution in [0.2, 0.25) is 10.0 Å². The summed E-state index contributed by atoms with van der Waals surface area (Å²) in [5, 5.41) is 1.38. The molecule has 0 spiro atoms. The number of hydrogen-bond acceptors (Lipinski definition) is 4. The number of aromatic amines is 1. The number of amides is 2. The Labute approximate surface area is 169 Å². The zero-order valence-corrected chi connectivity index (χ0v) is 16.2. The largest absolute Gasteiger partial charge is 0.399 e. The molecule has 4 rings (SSSR count). The van der Waals surface area contributed by atoms with E-state index in [0.717, 1.165) is 33.8 Å². The highest BCUT2D eigenvalue weighted by Crippen LogP contribution is 2.35. The van der Waals surface area contributed by atoms with Crippen molar-refractivity contribution in [3.8, 4) is 0 Å². The first-order valence-electron chi connectivity index (χ1n) is 7.98. The van der Waals surface area contributed by atoms with E-state index in [4.69, 9.17) is 28.9 Å². The number of aromatic nitrogens is 1. The van der Waals surface area contributed by atoms with Crippen molar-refractivity contribution in [2.75, 3.05) is 5.73 Å². The van der Waals surface area contributed by atoms with Crippen molar-refractivity contribution in [1.29, 1.82) is 0 Å². The van der Waals surface area contributed by atoms with Crippen LogP contribution in [-0.2, 0) is 11.3 Å². The van der Waals surface area contributed by atoms with E-state index >= 15 is 0 Å². The fourth-order valence-corrected chi connectivity index (χ4v) is 4.03. The minimum atomic E-state index is -0.339. The van der Waals surface area contributed by atoms with Crippen molar-refractivity contribution in [3.05, 3.63) is 68.7 Å². The maximum atomic E-state index is 12.7. The maximum Gasteiger partial charge on any atom is 0.293 e. The molecule has 3 N–H and O–H groups in total. The lowest BCUT2D eigenvalue weighted by molar-refractivity contribution is -0.123. The summed E-state index contributed by atoms with van der Waals surface area (Å²) in [4.78, 5) is 29.8. The molecule has 1 aliphatic rings. The molecule has 2 amide bonds. The molecule has 8 heteroatoms. The number of hydrogen-bond donors (Lipinski definition) is 2. The van der Waals surface area contributed by atoms with Crippen LogP contribution in [-0.4, -0.2) is 21.0 Å². The summed E-state index contributed by atoms with van der Waals surface area (Å²) >= 11 is 12.8. The first kappa shape index (κ1) is 18.0. The van der Waals surface area contributed by atoms with E-state index in [9.17, 15) is 9.59 Å². The van der Waals surface area contributed by atoms with Crippen LogP contribution in [0.3, 0.4) is 0 Å². The number of carbonyl (C=O) groups is 2. The van der Waals surface area contributed by atoms with Gasteiger partial charge in [-0.05, 0) is 53.7 Å². The lowest BCUT2D eigenvalue weighted by Gasteiger charge is -2.12. The Balaban J connectivity index is 1.62. The third kappa shape index (κ3) is 3.43. The summed E-state index contributed by atoms with van der Waals surface area (Å²) in [6, 6.07) is 10.5. The molecule has 3 aromatic rings. The van der Waals surface area contributed by atoms with Crippen LogP contribution in [0, 0.1) is 0 Å². The van der Waals surface area contributed by atoms with Gasteiger partial charge in [-0.3, -0.25) is 14.5 Å². The molecule has 2 aromatic carbocycles. The number of anilines is 1. The van der Waals surface area contributed by atoms with Gasteiger partial charge < -0.3 is 10.7 Å². The second-order valence-electron chi connectivity index (χ2n) is 6.07. The Morgan fingerprint density at radius 1 is 1.11 bits per heavy atom. The number of halogens is 2. The Bertz CT molecular complexity index is 1120. The minimum Gasteiger partial charge on any atom is -0.399 e. The standard InChI is InChI=1S/C19H13Cl2N3O2S/c20-14-3-1-10(5-15(14)21)9-24-18(25)17(27-19(24)26)6-11-8-23-16-4-2-12(22)7-13(11)16/h1-8,23H,9,22H2. The highest BCUT2D eigenvalue weighted by molar-refractivity contribution is 8.18. The average Bonchev–Trinajstić information content (AvgIpc) is 3.14. The Morgan fingerprint density at radius 2 is 1.93 bits per heavy atom. The van der Waals surface area contributed by atoms with E-state index in [1.807, 2.05) is 12.1 Å². The zero-order valence-electron chi connectivity index (χ0n) is 13.8. The van der Waals surface area contributed by atoms with Gasteiger partial charge in [0, 0.05) is 28.4 Å². The molecule has 5 nitrogen and oxygen atoms in total. The number of thioether (sulfide) groups is 1. The molecule has 0 atom stereocenters. The summed E-state index contributed by atoms with van der Waals surface area (Å²) in [5.41, 5.74) is 8.92. The zero-order chi connectivity index (χ0) is 19.1. The van der Waals surface area contributed by atoms with Gasteiger partial charge in [0.1, 0.15) is 0 Å². The van der Waals surface area contributed by atoms with Gasteiger partial charge in [-0.1, -0.05) is 29.3 Å². The number of nitrogens with zero attached hydrogens (tertiary/aromatic N) is 1. The smallest absolute Gasteiger partial charge is 0.293 e. The van der Waals surface area contributed by atoms with E-state index in [-0.39, 0.29) is 17.7 Å². The number of fused-ring (bicyclic) bond motifs is 1. The highest BCUT2D eigenvalue weighted by Gasteiger charge is 2.35. The van der Waals surface area contributed by atoms with Gasteiger partial charge in [0.25, 0.3) is 11.1 Å². The summed E-state index contributed by atoms with van der Waals surface area (Å²) in [6.07, 6.45) is 3.50. The molecule has 1 aliphatic heterocycles. The van der Waals surface area contributed by atoms with Crippen LogP contribution in [0.15, 0.2) is 47.5 Å². The molecule has 1 saturated heterocycles. The average molecular weight is 418 g/mol. The number of imide groups is 1. The van der Waals surface area contributed by atoms with Crippen molar-refractivity contribution in [1.82, 2.24) is 9.88 Å². The second kappa shape index (κ2) is 6.96. The van der Waals surface area contributed by atoms with Crippen molar-refractivity contribution in [2.24, 2.45) is 0 Å². The van der Waals surface area contributed by atoms with Crippen molar-refractivity contribution in [3.63, 3.8) is 0 Å². The van der Waals surface area contributed by atoms with Crippen LogP contribution in [0.25, 0.3) is 17.0 Å². The van der Waals surface area contributed by atoms with Gasteiger partial charge in [-0.2, -0.15) is 0 Å². The predicted octanol–water partition coefficient (Wildman–Crippen LogP) is 5.29. The number of benzene rings is 2. The fourth-order valence-electron chi connectivity index (χ4n) is 2.88. The molecule has 0 aliphatic carbocycles. The Morgan fingerprint density at radius 3 is 2.70 bits per heavy atom. The number of nitrogen functional groups attached to an aromatic ring is 1. The van der Waals surface area contributed by atoms with E-state index in [2.05, 4.69) is 4.98 Å². The van der Waals surface area contributed by atoms with Crippen LogP contribution in [0.4, 0.5) is 10.5 Å². The van der Waals surface area contributed by atoms with E-state index in [1.165, 1.54) is 4.90 Å². The van der Waals surface area contributed by atoms with Gasteiger partial charge in [-0.15, -0.1) is 0 Å². The number of H-pyrrole nitrogens is 1. The summed E-state index contributed by atoms with van der Waals surface area (Å²) in [5.74, 6) is -0.339. The first-order chi connectivity index (χ1) is 12.9. The molecule has 0 saturated carbocycles. The van der Waals surface area contributed by atoms with Gasteiger partial charge in [-0.25, -0.2) is 0 Å². The molecule has 27 heavy (non-hydrogen) atoms. The topological polar surface area (TPSA) is 79.2 Å². The first-order valence-corrected chi connectivity index (χ1v) is 9.55. The lowest BCUT2D eigenvalue weighted by Crippen LogP contribution is -2.27. The van der Waals surface area contributed by atoms with Crippen LogP contribution < -0.4 is 5.73 Å². The highest BCUT2D eigenvalue weighted by atomic mass is 35.5. The Kier molecular flexibility index (Phi) is 4.63. The lowest BCUT2D eigenvalue weighted by atomic mass is 10.1. The van der Waals surface area contributed by atoms with E-state index < -0.39 is 0 Å². The molecule has 0 radical (unpaired) electrons. The van der Waals surface area contributed by atoms with E-state index in [1.54, 1.807) is 36.5 Å². The van der Waals surface area contributed by atoms with Crippen LogP contribution >= 0.6 is 35.0 Å². The van der Waals surface area contributed by atoms with E-state index in [0.29, 0.717) is 20.6 Å². The summed E-state index contributed by atoms with van der Waals surface area (Å²) in [7, 11) is 0.